The van der Waals surface area contributed by atoms with Gasteiger partial charge in [0.05, 0.1) is 24.1 Å². The SMILES string of the molecule is Cc1ccc2nnn(CCC(=O)NCCCCCCNC(=O)CCn3nnc4ccc(C)cc43)c2c1. The Balaban J connectivity index is 1.02. The third-order valence-corrected chi connectivity index (χ3v) is 6.19. The van der Waals surface area contributed by atoms with Gasteiger partial charge in [0, 0.05) is 25.9 Å². The number of aryl methyl sites for hydroxylation is 4. The number of unbranched alkanes of at least 4 members (excludes halogenated alkanes) is 3. The van der Waals surface area contributed by atoms with E-state index in [1.807, 2.05) is 50.2 Å². The molecule has 2 aromatic carbocycles. The second kappa shape index (κ2) is 12.2. The Kier molecular flexibility index (Phi) is 8.59. The topological polar surface area (TPSA) is 120 Å². The lowest BCUT2D eigenvalue weighted by Crippen LogP contribution is -2.26. The van der Waals surface area contributed by atoms with Gasteiger partial charge in [0.25, 0.3) is 0 Å². The van der Waals surface area contributed by atoms with Crippen molar-refractivity contribution in [2.45, 2.75) is 65.5 Å². The van der Waals surface area contributed by atoms with E-state index in [1.54, 1.807) is 9.36 Å². The van der Waals surface area contributed by atoms with E-state index in [1.165, 1.54) is 0 Å². The van der Waals surface area contributed by atoms with Gasteiger partial charge in [0.2, 0.25) is 11.8 Å². The molecule has 0 atom stereocenters. The highest BCUT2D eigenvalue weighted by Gasteiger charge is 2.08. The minimum atomic E-state index is 0.0221. The molecule has 10 heteroatoms. The van der Waals surface area contributed by atoms with Crippen molar-refractivity contribution in [1.29, 1.82) is 0 Å². The first-order valence-electron chi connectivity index (χ1n) is 12.6. The first-order valence-corrected chi connectivity index (χ1v) is 12.6. The molecule has 4 rings (SSSR count). The molecule has 0 fully saturated rings. The monoisotopic (exact) mass is 490 g/mol. The Morgan fingerprint density at radius 1 is 0.694 bits per heavy atom. The standard InChI is InChI=1S/C26H34N8O2/c1-19-7-9-21-23(17-19)33(31-29-21)15-11-25(35)27-13-5-3-4-6-14-28-26(36)12-16-34-24-18-20(2)8-10-22(24)30-32-34/h7-10,17-18H,3-6,11-16H2,1-2H3,(H,27,35)(H,28,36). The predicted octanol–water partition coefficient (Wildman–Crippen LogP) is 3.07. The van der Waals surface area contributed by atoms with Gasteiger partial charge >= 0.3 is 0 Å². The maximum atomic E-state index is 12.2. The van der Waals surface area contributed by atoms with Crippen molar-refractivity contribution in [2.75, 3.05) is 13.1 Å². The minimum Gasteiger partial charge on any atom is -0.356 e. The highest BCUT2D eigenvalue weighted by atomic mass is 16.2. The van der Waals surface area contributed by atoms with E-state index < -0.39 is 0 Å². The van der Waals surface area contributed by atoms with Gasteiger partial charge in [-0.1, -0.05) is 35.4 Å². The van der Waals surface area contributed by atoms with E-state index in [0.29, 0.717) is 39.0 Å². The Hall–Kier alpha value is -3.82. The first-order chi connectivity index (χ1) is 17.5. The molecule has 2 amide bonds. The zero-order valence-corrected chi connectivity index (χ0v) is 21.0. The van der Waals surface area contributed by atoms with Crippen LogP contribution in [0.1, 0.15) is 49.7 Å². The summed E-state index contributed by atoms with van der Waals surface area (Å²) in [7, 11) is 0. The normalized spacial score (nSPS) is 11.3. The van der Waals surface area contributed by atoms with E-state index in [-0.39, 0.29) is 11.8 Å². The summed E-state index contributed by atoms with van der Waals surface area (Å²) < 4.78 is 3.57. The number of carbonyl (C=O) groups is 2. The number of nitrogens with one attached hydrogen (secondary N) is 2. The lowest BCUT2D eigenvalue weighted by molar-refractivity contribution is -0.122. The molecule has 0 radical (unpaired) electrons. The zero-order valence-electron chi connectivity index (χ0n) is 21.0. The van der Waals surface area contributed by atoms with Crippen molar-refractivity contribution in [3.63, 3.8) is 0 Å². The van der Waals surface area contributed by atoms with Crippen LogP contribution in [0.3, 0.4) is 0 Å². The Morgan fingerprint density at radius 3 is 1.58 bits per heavy atom. The summed E-state index contributed by atoms with van der Waals surface area (Å²) in [5, 5.41) is 22.5. The van der Waals surface area contributed by atoms with Gasteiger partial charge in [0.1, 0.15) is 11.0 Å². The van der Waals surface area contributed by atoms with Crippen LogP contribution in [0, 0.1) is 13.8 Å². The zero-order chi connectivity index (χ0) is 25.3. The Bertz CT molecular complexity index is 1220. The van der Waals surface area contributed by atoms with Gasteiger partial charge in [-0.15, -0.1) is 10.2 Å². The third kappa shape index (κ3) is 6.87. The number of hydrogen-bond donors (Lipinski definition) is 2. The number of benzene rings is 2. The van der Waals surface area contributed by atoms with E-state index in [9.17, 15) is 9.59 Å². The van der Waals surface area contributed by atoms with E-state index >= 15 is 0 Å². The summed E-state index contributed by atoms with van der Waals surface area (Å²) in [6, 6.07) is 12.0. The molecule has 2 N–H and O–H groups in total. The van der Waals surface area contributed by atoms with E-state index in [2.05, 4.69) is 31.3 Å². The molecule has 0 saturated heterocycles. The third-order valence-electron chi connectivity index (χ3n) is 6.19. The molecule has 0 aliphatic heterocycles. The average Bonchev–Trinajstić information content (AvgIpc) is 3.46. The molecular formula is C26H34N8O2. The van der Waals surface area contributed by atoms with Gasteiger partial charge < -0.3 is 10.6 Å². The average molecular weight is 491 g/mol. The Morgan fingerprint density at radius 2 is 1.14 bits per heavy atom. The van der Waals surface area contributed by atoms with Crippen molar-refractivity contribution >= 4 is 33.9 Å². The summed E-state index contributed by atoms with van der Waals surface area (Å²) in [6.07, 6.45) is 4.61. The van der Waals surface area contributed by atoms with E-state index in [4.69, 9.17) is 0 Å². The van der Waals surface area contributed by atoms with Crippen LogP contribution in [-0.4, -0.2) is 54.9 Å². The molecule has 36 heavy (non-hydrogen) atoms. The second-order valence-corrected chi connectivity index (χ2v) is 9.22. The van der Waals surface area contributed by atoms with Gasteiger partial charge in [0.15, 0.2) is 0 Å². The number of hydrogen-bond acceptors (Lipinski definition) is 6. The molecular weight excluding hydrogens is 456 g/mol. The van der Waals surface area contributed by atoms with Gasteiger partial charge in [-0.05, 0) is 62.1 Å². The van der Waals surface area contributed by atoms with E-state index in [0.717, 1.165) is 58.9 Å². The summed E-state index contributed by atoms with van der Waals surface area (Å²) in [4.78, 5) is 24.3. The minimum absolute atomic E-state index is 0.0221. The number of carbonyl (C=O) groups excluding carboxylic acids is 2. The summed E-state index contributed by atoms with van der Waals surface area (Å²) >= 11 is 0. The number of aromatic nitrogens is 6. The smallest absolute Gasteiger partial charge is 0.221 e. The first kappa shape index (κ1) is 25.3. The number of amides is 2. The van der Waals surface area contributed by atoms with Crippen LogP contribution >= 0.6 is 0 Å². The summed E-state index contributed by atoms with van der Waals surface area (Å²) in [5.74, 6) is 0.0442. The molecule has 0 saturated carbocycles. The quantitative estimate of drug-likeness (QED) is 0.278. The van der Waals surface area contributed by atoms with Gasteiger partial charge in [-0.25, -0.2) is 9.36 Å². The molecule has 0 aliphatic rings. The highest BCUT2D eigenvalue weighted by molar-refractivity contribution is 5.78. The molecule has 2 aromatic heterocycles. The van der Waals surface area contributed by atoms with Crippen LogP contribution in [-0.2, 0) is 22.7 Å². The molecule has 0 aliphatic carbocycles. The van der Waals surface area contributed by atoms with Crippen LogP contribution in [0.2, 0.25) is 0 Å². The van der Waals surface area contributed by atoms with Crippen molar-refractivity contribution in [3.05, 3.63) is 47.5 Å². The highest BCUT2D eigenvalue weighted by Crippen LogP contribution is 2.14. The van der Waals surface area contributed by atoms with Crippen molar-refractivity contribution in [2.24, 2.45) is 0 Å². The molecule has 190 valence electrons. The molecule has 10 nitrogen and oxygen atoms in total. The fraction of sp³-hybridized carbons (Fsp3) is 0.462. The lowest BCUT2D eigenvalue weighted by atomic mass is 10.2. The maximum absolute atomic E-state index is 12.2. The Labute approximate surface area is 210 Å². The number of rotatable bonds is 13. The molecule has 0 unspecified atom stereocenters. The maximum Gasteiger partial charge on any atom is 0.221 e. The van der Waals surface area contributed by atoms with Crippen molar-refractivity contribution < 1.29 is 9.59 Å². The van der Waals surface area contributed by atoms with Crippen LogP contribution in [0.15, 0.2) is 36.4 Å². The molecule has 4 aromatic rings. The van der Waals surface area contributed by atoms with Crippen molar-refractivity contribution in [3.8, 4) is 0 Å². The summed E-state index contributed by atoms with van der Waals surface area (Å²) in [6.45, 7) is 6.40. The molecule has 2 heterocycles. The summed E-state index contributed by atoms with van der Waals surface area (Å²) in [5.41, 5.74) is 5.89. The van der Waals surface area contributed by atoms with Gasteiger partial charge in [-0.3, -0.25) is 9.59 Å². The van der Waals surface area contributed by atoms with Gasteiger partial charge in [-0.2, -0.15) is 0 Å². The molecule has 0 spiro atoms. The predicted molar refractivity (Wildman–Crippen MR) is 138 cm³/mol. The largest absolute Gasteiger partial charge is 0.356 e. The fourth-order valence-corrected chi connectivity index (χ4v) is 4.13. The molecule has 0 bridgehead atoms. The lowest BCUT2D eigenvalue weighted by Gasteiger charge is -2.07. The number of nitrogens with zero attached hydrogens (tertiary/aromatic N) is 6. The van der Waals surface area contributed by atoms with Crippen LogP contribution < -0.4 is 10.6 Å². The van der Waals surface area contributed by atoms with Crippen LogP contribution in [0.4, 0.5) is 0 Å². The number of fused-ring (bicyclic) bond motifs is 2. The fourth-order valence-electron chi connectivity index (χ4n) is 4.13. The van der Waals surface area contributed by atoms with Crippen LogP contribution in [0.5, 0.6) is 0 Å². The van der Waals surface area contributed by atoms with Crippen molar-refractivity contribution in [1.82, 2.24) is 40.6 Å². The van der Waals surface area contributed by atoms with Crippen LogP contribution in [0.25, 0.3) is 22.1 Å². The second-order valence-electron chi connectivity index (χ2n) is 9.22.